The lowest BCUT2D eigenvalue weighted by atomic mass is 10.1. The number of thioether (sulfide) groups is 1. The Labute approximate surface area is 85.9 Å². The Morgan fingerprint density at radius 2 is 2.15 bits per heavy atom. The third kappa shape index (κ3) is 3.28. The smallest absolute Gasteiger partial charge is 0.307 e. The quantitative estimate of drug-likeness (QED) is 0.621. The van der Waals surface area contributed by atoms with Crippen LogP contribution in [0.3, 0.4) is 0 Å². The summed E-state index contributed by atoms with van der Waals surface area (Å²) in [5, 5.41) is 9.06. The van der Waals surface area contributed by atoms with E-state index in [0.717, 1.165) is 10.5 Å². The third-order valence-corrected chi connectivity index (χ3v) is 2.67. The minimum absolute atomic E-state index is 0.0556. The number of alkyl halides is 1. The third-order valence-electron chi connectivity index (χ3n) is 1.52. The summed E-state index contributed by atoms with van der Waals surface area (Å²) in [4.78, 5) is 11.4. The van der Waals surface area contributed by atoms with Gasteiger partial charge in [0.1, 0.15) is 0 Å². The number of carbonyl (C=O) groups is 1. The van der Waals surface area contributed by atoms with E-state index in [1.165, 1.54) is 11.8 Å². The lowest BCUT2D eigenvalue weighted by molar-refractivity contribution is -0.136. The molecule has 0 aromatic heterocycles. The Kier molecular flexibility index (Phi) is 4.12. The fraction of sp³-hybridized carbons (Fsp3) is 0.222. The fourth-order valence-electron chi connectivity index (χ4n) is 1.01. The molecule has 0 aliphatic rings. The van der Waals surface area contributed by atoms with E-state index in [4.69, 9.17) is 16.7 Å². The van der Waals surface area contributed by atoms with Gasteiger partial charge in [-0.1, -0.05) is 18.2 Å². The highest BCUT2D eigenvalue weighted by molar-refractivity contribution is 8.00. The predicted octanol–water partition coefficient (Wildman–Crippen LogP) is 2.60. The zero-order valence-corrected chi connectivity index (χ0v) is 8.44. The Hall–Kier alpha value is -0.670. The summed E-state index contributed by atoms with van der Waals surface area (Å²) in [5.41, 5.74) is 0.820. The highest BCUT2D eigenvalue weighted by Gasteiger charge is 2.05. The molecule has 0 saturated carbocycles. The number of aliphatic carboxylic acids is 1. The van der Waals surface area contributed by atoms with E-state index in [1.807, 2.05) is 24.3 Å². The molecule has 2 nitrogen and oxygen atoms in total. The zero-order chi connectivity index (χ0) is 9.68. The number of halogens is 1. The van der Waals surface area contributed by atoms with Gasteiger partial charge in [0.25, 0.3) is 0 Å². The van der Waals surface area contributed by atoms with Crippen molar-refractivity contribution in [3.8, 4) is 0 Å². The van der Waals surface area contributed by atoms with Gasteiger partial charge in [0.2, 0.25) is 0 Å². The first-order chi connectivity index (χ1) is 6.24. The van der Waals surface area contributed by atoms with Crippen molar-refractivity contribution in [1.82, 2.24) is 0 Å². The number of carboxylic acid groups (broad SMARTS) is 1. The molecule has 0 fully saturated rings. The molecule has 13 heavy (non-hydrogen) atoms. The van der Waals surface area contributed by atoms with Crippen LogP contribution in [0.25, 0.3) is 0 Å². The van der Waals surface area contributed by atoms with Crippen LogP contribution in [0.15, 0.2) is 29.2 Å². The summed E-state index contributed by atoms with van der Waals surface area (Å²) in [6.45, 7) is 0. The van der Waals surface area contributed by atoms with Gasteiger partial charge in [-0.3, -0.25) is 4.79 Å². The van der Waals surface area contributed by atoms with E-state index in [-0.39, 0.29) is 6.42 Å². The first-order valence-corrected chi connectivity index (χ1v) is 5.24. The average Bonchev–Trinajstić information content (AvgIpc) is 2.08. The Morgan fingerprint density at radius 3 is 2.77 bits per heavy atom. The second-order valence-electron chi connectivity index (χ2n) is 2.43. The first kappa shape index (κ1) is 10.4. The minimum Gasteiger partial charge on any atom is -0.481 e. The van der Waals surface area contributed by atoms with Crippen molar-refractivity contribution >= 4 is 29.3 Å². The van der Waals surface area contributed by atoms with Gasteiger partial charge < -0.3 is 5.11 Å². The molecule has 4 heteroatoms. The van der Waals surface area contributed by atoms with Crippen LogP contribution in [0.5, 0.6) is 0 Å². The van der Waals surface area contributed by atoms with Crippen molar-refractivity contribution < 1.29 is 9.90 Å². The van der Waals surface area contributed by atoms with Crippen LogP contribution in [0.2, 0.25) is 0 Å². The van der Waals surface area contributed by atoms with Crippen molar-refractivity contribution in [3.05, 3.63) is 29.8 Å². The van der Waals surface area contributed by atoms with Crippen LogP contribution in [-0.2, 0) is 11.2 Å². The van der Waals surface area contributed by atoms with Gasteiger partial charge in [0.15, 0.2) is 0 Å². The summed E-state index contributed by atoms with van der Waals surface area (Å²) in [7, 11) is 0. The Bertz CT molecular complexity index is 301. The van der Waals surface area contributed by atoms with Gasteiger partial charge in [-0.2, -0.15) is 0 Å². The van der Waals surface area contributed by atoms with Crippen LogP contribution >= 0.6 is 23.4 Å². The second kappa shape index (κ2) is 5.14. The van der Waals surface area contributed by atoms with Crippen LogP contribution in [-0.4, -0.2) is 16.3 Å². The van der Waals surface area contributed by atoms with Gasteiger partial charge in [-0.15, -0.1) is 23.4 Å². The lowest BCUT2D eigenvalue weighted by Crippen LogP contribution is -2.01. The summed E-state index contributed by atoms with van der Waals surface area (Å²) in [5.74, 6) is -0.817. The molecular formula is C9H9ClO2S. The lowest BCUT2D eigenvalue weighted by Gasteiger charge is -2.04. The molecule has 1 rings (SSSR count). The molecule has 0 amide bonds. The molecule has 1 N–H and O–H groups in total. The maximum absolute atomic E-state index is 10.5. The van der Waals surface area contributed by atoms with Crippen LogP contribution in [0.1, 0.15) is 5.56 Å². The molecule has 0 bridgehead atoms. The van der Waals surface area contributed by atoms with Crippen LogP contribution in [0, 0.1) is 0 Å². The van der Waals surface area contributed by atoms with Crippen LogP contribution in [0.4, 0.5) is 0 Å². The van der Waals surface area contributed by atoms with Crippen molar-refractivity contribution in [2.75, 3.05) is 5.21 Å². The maximum Gasteiger partial charge on any atom is 0.307 e. The van der Waals surface area contributed by atoms with Gasteiger partial charge in [-0.25, -0.2) is 0 Å². The first-order valence-electron chi connectivity index (χ1n) is 3.72. The summed E-state index contributed by atoms with van der Waals surface area (Å²) in [6.07, 6.45) is 0.0556. The standard InChI is InChI=1S/C9H9ClO2S/c10-6-13-8-4-2-1-3-7(8)5-9(11)12/h1-4H,5-6H2,(H,11,12). The monoisotopic (exact) mass is 216 g/mol. The van der Waals surface area contributed by atoms with E-state index >= 15 is 0 Å². The number of rotatable bonds is 4. The topological polar surface area (TPSA) is 37.3 Å². The van der Waals surface area contributed by atoms with Gasteiger partial charge in [-0.05, 0) is 11.6 Å². The second-order valence-corrected chi connectivity index (χ2v) is 4.03. The number of benzene rings is 1. The molecule has 70 valence electrons. The number of hydrogen-bond acceptors (Lipinski definition) is 2. The number of hydrogen-bond donors (Lipinski definition) is 1. The minimum atomic E-state index is -0.817. The van der Waals surface area contributed by atoms with Crippen molar-refractivity contribution in [3.63, 3.8) is 0 Å². The van der Waals surface area contributed by atoms with Crippen molar-refractivity contribution in [1.29, 1.82) is 0 Å². The maximum atomic E-state index is 10.5. The summed E-state index contributed by atoms with van der Waals surface area (Å²) < 4.78 is 0. The Morgan fingerprint density at radius 1 is 1.46 bits per heavy atom. The molecule has 0 aliphatic heterocycles. The van der Waals surface area contributed by atoms with E-state index in [2.05, 4.69) is 0 Å². The largest absolute Gasteiger partial charge is 0.481 e. The Balaban J connectivity index is 2.84. The number of carboxylic acids is 1. The molecule has 0 saturated heterocycles. The summed E-state index contributed by atoms with van der Waals surface area (Å²) >= 11 is 7.01. The summed E-state index contributed by atoms with van der Waals surface area (Å²) in [6, 6.07) is 7.39. The highest BCUT2D eigenvalue weighted by Crippen LogP contribution is 2.23. The predicted molar refractivity (Wildman–Crippen MR) is 54.4 cm³/mol. The average molecular weight is 217 g/mol. The molecule has 0 radical (unpaired) electrons. The van der Waals surface area contributed by atoms with Crippen molar-refractivity contribution in [2.24, 2.45) is 0 Å². The van der Waals surface area contributed by atoms with Gasteiger partial charge in [0, 0.05) is 4.90 Å². The normalized spacial score (nSPS) is 9.92. The molecule has 0 unspecified atom stereocenters. The SMILES string of the molecule is O=C(O)Cc1ccccc1SCCl. The molecule has 1 aromatic carbocycles. The van der Waals surface area contributed by atoms with Gasteiger partial charge >= 0.3 is 5.97 Å². The fourth-order valence-corrected chi connectivity index (χ4v) is 1.98. The molecule has 1 aromatic rings. The van der Waals surface area contributed by atoms with Crippen molar-refractivity contribution in [2.45, 2.75) is 11.3 Å². The molecule has 0 heterocycles. The van der Waals surface area contributed by atoms with Crippen LogP contribution < -0.4 is 0 Å². The van der Waals surface area contributed by atoms with E-state index in [0.29, 0.717) is 5.21 Å². The van der Waals surface area contributed by atoms with E-state index in [9.17, 15) is 4.79 Å². The molecular weight excluding hydrogens is 208 g/mol. The molecule has 0 spiro atoms. The van der Waals surface area contributed by atoms with E-state index in [1.54, 1.807) is 0 Å². The zero-order valence-electron chi connectivity index (χ0n) is 6.87. The highest BCUT2D eigenvalue weighted by atomic mass is 35.5. The molecule has 0 atom stereocenters. The van der Waals surface area contributed by atoms with Gasteiger partial charge in [0.05, 0.1) is 11.6 Å². The molecule has 0 aliphatic carbocycles. The van der Waals surface area contributed by atoms with E-state index < -0.39 is 5.97 Å².